The topological polar surface area (TPSA) is 54.5 Å². The summed E-state index contributed by atoms with van der Waals surface area (Å²) in [4.78, 5) is 18.4. The van der Waals surface area contributed by atoms with Crippen LogP contribution in [0, 0.1) is 5.92 Å². The number of likely N-dealkylation sites (tertiary alicyclic amines) is 1. The Kier molecular flexibility index (Phi) is 5.82. The number of rotatable bonds is 5. The van der Waals surface area contributed by atoms with Gasteiger partial charge in [0, 0.05) is 13.1 Å². The Hall–Kier alpha value is -1.33. The van der Waals surface area contributed by atoms with Crippen LogP contribution in [0.3, 0.4) is 0 Å². The van der Waals surface area contributed by atoms with E-state index in [1.165, 1.54) is 7.11 Å². The molecule has 116 valence electrons. The normalized spacial score (nSPS) is 16.7. The van der Waals surface area contributed by atoms with Gasteiger partial charge < -0.3 is 10.1 Å². The zero-order valence-corrected chi connectivity index (χ0v) is 13.3. The molecule has 0 unspecified atom stereocenters. The van der Waals surface area contributed by atoms with Crippen molar-refractivity contribution in [1.29, 1.82) is 0 Å². The molecule has 0 radical (unpaired) electrons. The van der Waals surface area contributed by atoms with Crippen molar-refractivity contribution < 1.29 is 9.53 Å². The Morgan fingerprint density at radius 1 is 1.48 bits per heavy atom. The summed E-state index contributed by atoms with van der Waals surface area (Å²) in [6, 6.07) is 3.77. The maximum atomic E-state index is 11.5. The number of methoxy groups -OCH3 is 1. The lowest BCUT2D eigenvalue weighted by Gasteiger charge is -2.30. The number of aromatic nitrogens is 1. The highest BCUT2D eigenvalue weighted by molar-refractivity contribution is 6.31. The second-order valence-corrected chi connectivity index (χ2v) is 5.64. The minimum absolute atomic E-state index is 0.0303. The van der Waals surface area contributed by atoms with Gasteiger partial charge in [0.2, 0.25) is 0 Å². The quantitative estimate of drug-likeness (QED) is 0.847. The van der Waals surface area contributed by atoms with E-state index < -0.39 is 0 Å². The number of pyridine rings is 1. The minimum atomic E-state index is -0.0973. The van der Waals surface area contributed by atoms with Gasteiger partial charge in [-0.15, -0.1) is 0 Å². The Morgan fingerprint density at radius 3 is 2.81 bits per heavy atom. The molecule has 6 heteroatoms. The number of hydrogen-bond acceptors (Lipinski definition) is 5. The molecule has 0 spiro atoms. The van der Waals surface area contributed by atoms with Crippen molar-refractivity contribution in [2.45, 2.75) is 26.3 Å². The molecule has 0 amide bonds. The van der Waals surface area contributed by atoms with Crippen LogP contribution in [-0.4, -0.2) is 42.6 Å². The molecule has 5 nitrogen and oxygen atoms in total. The molecule has 1 aromatic heterocycles. The molecule has 0 aromatic carbocycles. The summed E-state index contributed by atoms with van der Waals surface area (Å²) in [5.41, 5.74) is 0.881. The van der Waals surface area contributed by atoms with E-state index in [0.29, 0.717) is 11.6 Å². The third-order valence-electron chi connectivity index (χ3n) is 3.77. The number of nitrogens with zero attached hydrogens (tertiary/aromatic N) is 2. The first-order chi connectivity index (χ1) is 10.1. The molecule has 21 heavy (non-hydrogen) atoms. The molecule has 1 saturated heterocycles. The van der Waals surface area contributed by atoms with Crippen molar-refractivity contribution in [2.24, 2.45) is 5.92 Å². The fourth-order valence-corrected chi connectivity index (χ4v) is 2.75. The van der Waals surface area contributed by atoms with Crippen molar-refractivity contribution in [3.8, 4) is 0 Å². The van der Waals surface area contributed by atoms with Crippen LogP contribution in [0.4, 0.5) is 5.82 Å². The van der Waals surface area contributed by atoms with E-state index in [0.717, 1.165) is 44.0 Å². The number of hydrogen-bond donors (Lipinski definition) is 1. The predicted octanol–water partition coefficient (Wildman–Crippen LogP) is 2.55. The van der Waals surface area contributed by atoms with Crippen LogP contribution in [0.25, 0.3) is 0 Å². The van der Waals surface area contributed by atoms with Gasteiger partial charge in [0.15, 0.2) is 0 Å². The van der Waals surface area contributed by atoms with Gasteiger partial charge in [-0.2, -0.15) is 0 Å². The SMILES string of the molecule is CCNc1ccc(Cl)c(CN2CCC(C(=O)OC)CC2)n1. The van der Waals surface area contributed by atoms with Crippen molar-refractivity contribution in [2.75, 3.05) is 32.1 Å². The Labute approximate surface area is 130 Å². The van der Waals surface area contributed by atoms with Gasteiger partial charge in [-0.25, -0.2) is 4.98 Å². The maximum absolute atomic E-state index is 11.5. The van der Waals surface area contributed by atoms with Gasteiger partial charge in [-0.1, -0.05) is 11.6 Å². The molecule has 0 atom stereocenters. The monoisotopic (exact) mass is 311 g/mol. The van der Waals surface area contributed by atoms with Gasteiger partial charge in [0.05, 0.1) is 23.7 Å². The molecule has 1 aliphatic rings. The molecule has 1 fully saturated rings. The molecule has 1 N–H and O–H groups in total. The zero-order chi connectivity index (χ0) is 15.2. The molecule has 2 heterocycles. The lowest BCUT2D eigenvalue weighted by molar-refractivity contribution is -0.147. The summed E-state index contributed by atoms with van der Waals surface area (Å²) >= 11 is 6.23. The van der Waals surface area contributed by atoms with Crippen LogP contribution in [-0.2, 0) is 16.1 Å². The highest BCUT2D eigenvalue weighted by Gasteiger charge is 2.26. The average molecular weight is 312 g/mol. The van der Waals surface area contributed by atoms with E-state index in [2.05, 4.69) is 15.2 Å². The first-order valence-electron chi connectivity index (χ1n) is 7.33. The second-order valence-electron chi connectivity index (χ2n) is 5.23. The summed E-state index contributed by atoms with van der Waals surface area (Å²) in [5.74, 6) is 0.782. The number of carbonyl (C=O) groups is 1. The fraction of sp³-hybridized carbons (Fsp3) is 0.600. The first-order valence-corrected chi connectivity index (χ1v) is 7.71. The first kappa shape index (κ1) is 16.0. The van der Waals surface area contributed by atoms with Crippen molar-refractivity contribution >= 4 is 23.4 Å². The van der Waals surface area contributed by atoms with Crippen LogP contribution in [0.15, 0.2) is 12.1 Å². The lowest BCUT2D eigenvalue weighted by atomic mass is 9.97. The number of anilines is 1. The molecule has 0 aliphatic carbocycles. The van der Waals surface area contributed by atoms with Crippen molar-refractivity contribution in [1.82, 2.24) is 9.88 Å². The number of ether oxygens (including phenoxy) is 1. The van der Waals surface area contributed by atoms with E-state index in [-0.39, 0.29) is 11.9 Å². The molecule has 1 aromatic rings. The Bertz CT molecular complexity index is 488. The van der Waals surface area contributed by atoms with E-state index >= 15 is 0 Å². The molecule has 0 bridgehead atoms. The number of piperidine rings is 1. The highest BCUT2D eigenvalue weighted by atomic mass is 35.5. The Balaban J connectivity index is 1.94. The molecule has 0 saturated carbocycles. The van der Waals surface area contributed by atoms with Crippen LogP contribution in [0.5, 0.6) is 0 Å². The molecular formula is C15H22ClN3O2. The number of nitrogens with one attached hydrogen (secondary N) is 1. The van der Waals surface area contributed by atoms with E-state index in [4.69, 9.17) is 16.3 Å². The highest BCUT2D eigenvalue weighted by Crippen LogP contribution is 2.23. The molecule has 1 aliphatic heterocycles. The molecule has 2 rings (SSSR count). The fourth-order valence-electron chi connectivity index (χ4n) is 2.58. The predicted molar refractivity (Wildman–Crippen MR) is 83.4 cm³/mol. The van der Waals surface area contributed by atoms with Crippen molar-refractivity contribution in [3.05, 3.63) is 22.8 Å². The summed E-state index contributed by atoms with van der Waals surface area (Å²) < 4.78 is 4.81. The van der Waals surface area contributed by atoms with Crippen LogP contribution < -0.4 is 5.32 Å². The van der Waals surface area contributed by atoms with E-state index in [1.54, 1.807) is 0 Å². The average Bonchev–Trinajstić information content (AvgIpc) is 2.51. The summed E-state index contributed by atoms with van der Waals surface area (Å²) in [5, 5.41) is 3.88. The van der Waals surface area contributed by atoms with Gasteiger partial charge in [0.25, 0.3) is 0 Å². The van der Waals surface area contributed by atoms with Gasteiger partial charge in [0.1, 0.15) is 5.82 Å². The standard InChI is InChI=1S/C15H22ClN3O2/c1-3-17-14-5-4-12(16)13(18-14)10-19-8-6-11(7-9-19)15(20)21-2/h4-5,11H,3,6-10H2,1-2H3,(H,17,18). The third-order valence-corrected chi connectivity index (χ3v) is 4.12. The van der Waals surface area contributed by atoms with Gasteiger partial charge in [-0.3, -0.25) is 9.69 Å². The summed E-state index contributed by atoms with van der Waals surface area (Å²) in [7, 11) is 1.45. The van der Waals surface area contributed by atoms with E-state index in [1.807, 2.05) is 19.1 Å². The van der Waals surface area contributed by atoms with Gasteiger partial charge >= 0.3 is 5.97 Å². The zero-order valence-electron chi connectivity index (χ0n) is 12.6. The Morgan fingerprint density at radius 2 is 2.19 bits per heavy atom. The van der Waals surface area contributed by atoms with Crippen LogP contribution in [0.1, 0.15) is 25.5 Å². The molecular weight excluding hydrogens is 290 g/mol. The van der Waals surface area contributed by atoms with E-state index in [9.17, 15) is 4.79 Å². The van der Waals surface area contributed by atoms with Crippen molar-refractivity contribution in [3.63, 3.8) is 0 Å². The summed E-state index contributed by atoms with van der Waals surface area (Å²) in [6.45, 7) is 5.31. The largest absolute Gasteiger partial charge is 0.469 e. The number of carbonyl (C=O) groups excluding carboxylic acids is 1. The maximum Gasteiger partial charge on any atom is 0.308 e. The smallest absolute Gasteiger partial charge is 0.308 e. The van der Waals surface area contributed by atoms with Crippen LogP contribution >= 0.6 is 11.6 Å². The van der Waals surface area contributed by atoms with Gasteiger partial charge in [-0.05, 0) is 45.0 Å². The lowest BCUT2D eigenvalue weighted by Crippen LogP contribution is -2.36. The number of halogens is 1. The summed E-state index contributed by atoms with van der Waals surface area (Å²) in [6.07, 6.45) is 1.66. The number of esters is 1. The third kappa shape index (κ3) is 4.32. The van der Waals surface area contributed by atoms with Crippen LogP contribution in [0.2, 0.25) is 5.02 Å². The second kappa shape index (κ2) is 7.61. The minimum Gasteiger partial charge on any atom is -0.469 e.